The van der Waals surface area contributed by atoms with Crippen molar-refractivity contribution < 1.29 is 27.4 Å². The van der Waals surface area contributed by atoms with Crippen LogP contribution in [-0.2, 0) is 29.4 Å². The summed E-state index contributed by atoms with van der Waals surface area (Å²) in [6, 6.07) is 18.8. The Kier molecular flexibility index (Phi) is 8.57. The first-order valence-electron chi connectivity index (χ1n) is 10.8. The summed E-state index contributed by atoms with van der Waals surface area (Å²) in [5, 5.41) is 0.167. The maximum absolute atomic E-state index is 6.86. The number of benzene rings is 2. The van der Waals surface area contributed by atoms with E-state index in [0.29, 0.717) is 5.89 Å². The van der Waals surface area contributed by atoms with Crippen molar-refractivity contribution in [3.8, 4) is 11.5 Å². The second-order valence-corrected chi connectivity index (χ2v) is 14.5. The van der Waals surface area contributed by atoms with E-state index in [-0.39, 0.29) is 29.7 Å². The first kappa shape index (κ1) is 25.7. The van der Waals surface area contributed by atoms with Gasteiger partial charge in [0.25, 0.3) is 0 Å². The Labute approximate surface area is 200 Å². The normalized spacial score (nSPS) is 13.0. The van der Waals surface area contributed by atoms with E-state index in [2.05, 4.69) is 65.1 Å². The molecular weight excluding hydrogens is 437 g/mol. The van der Waals surface area contributed by atoms with E-state index >= 15 is 0 Å². The molecule has 1 atom stereocenters. The van der Waals surface area contributed by atoms with Gasteiger partial charge in [-0.1, -0.05) is 68.8 Å². The molecule has 0 amide bonds. The van der Waals surface area contributed by atoms with Gasteiger partial charge in [0.15, 0.2) is 8.32 Å². The van der Waals surface area contributed by atoms with E-state index < -0.39 is 8.32 Å². The van der Waals surface area contributed by atoms with Crippen LogP contribution in [0.4, 0.5) is 0 Å². The molecule has 0 saturated heterocycles. The van der Waals surface area contributed by atoms with Gasteiger partial charge >= 0.3 is 0 Å². The van der Waals surface area contributed by atoms with Crippen LogP contribution in [0.3, 0.4) is 0 Å². The third kappa shape index (κ3) is 6.45. The number of aromatic nitrogens is 1. The van der Waals surface area contributed by atoms with Gasteiger partial charge in [0.2, 0.25) is 5.89 Å². The van der Waals surface area contributed by atoms with Crippen LogP contribution in [0.2, 0.25) is 18.1 Å². The number of hydrogen-bond donors (Lipinski definition) is 0. The van der Waals surface area contributed by atoms with Crippen LogP contribution in [0.15, 0.2) is 59.0 Å². The smallest absolute Gasteiger partial charge is 0.226 e. The Balaban J connectivity index is 0.00000341. The molecule has 3 rings (SSSR count). The molecule has 1 aromatic heterocycles. The number of nitrogens with zero attached hydrogens (tertiary/aromatic N) is 1. The van der Waals surface area contributed by atoms with Crippen molar-refractivity contribution in [3.05, 3.63) is 77.2 Å². The van der Waals surface area contributed by atoms with Crippen LogP contribution >= 0.6 is 0 Å². The molecule has 31 heavy (non-hydrogen) atoms. The fraction of sp³-hybridized carbons (Fsp3) is 0.423. The molecule has 1 unspecified atom stereocenters. The van der Waals surface area contributed by atoms with E-state index in [1.165, 1.54) is 11.1 Å². The van der Waals surface area contributed by atoms with Crippen LogP contribution in [0.25, 0.3) is 11.5 Å². The minimum absolute atomic E-state index is 0. The molecule has 0 aliphatic carbocycles. The van der Waals surface area contributed by atoms with Crippen molar-refractivity contribution in [1.29, 1.82) is 0 Å². The van der Waals surface area contributed by atoms with Gasteiger partial charge in [-0.05, 0) is 62.5 Å². The molecule has 3 nitrogen and oxygen atoms in total. The summed E-state index contributed by atoms with van der Waals surface area (Å²) >= 11 is 0. The Morgan fingerprint density at radius 3 is 2.16 bits per heavy atom. The first-order valence-corrected chi connectivity index (χ1v) is 13.7. The average Bonchev–Trinajstić information content (AvgIpc) is 3.06. The number of aryl methyl sites for hydroxylation is 3. The Morgan fingerprint density at radius 1 is 0.968 bits per heavy atom. The molecule has 1 heterocycles. The van der Waals surface area contributed by atoms with Gasteiger partial charge in [-0.2, -0.15) is 0 Å². The largest absolute Gasteiger partial charge is 0.441 e. The summed E-state index contributed by atoms with van der Waals surface area (Å²) in [6.07, 6.45) is 1.77. The van der Waals surface area contributed by atoms with Crippen LogP contribution in [-0.4, -0.2) is 13.3 Å². The van der Waals surface area contributed by atoms with Gasteiger partial charge in [0.1, 0.15) is 5.76 Å². The molecule has 1 radical (unpaired) electrons. The van der Waals surface area contributed by atoms with Crippen molar-refractivity contribution in [2.24, 2.45) is 0 Å². The van der Waals surface area contributed by atoms with Crippen molar-refractivity contribution in [3.63, 3.8) is 0 Å². The molecular formula is C26H35NO2SiV. The molecule has 0 N–H and O–H groups in total. The Hall–Kier alpha value is -1.59. The third-order valence-electron chi connectivity index (χ3n) is 6.25. The predicted octanol–water partition coefficient (Wildman–Crippen LogP) is 7.65. The Bertz CT molecular complexity index is 959. The van der Waals surface area contributed by atoms with E-state index in [0.717, 1.165) is 29.9 Å². The van der Waals surface area contributed by atoms with E-state index in [1.807, 2.05) is 37.3 Å². The molecule has 165 valence electrons. The molecule has 3 aromatic rings. The fourth-order valence-electron chi connectivity index (χ4n) is 3.24. The molecule has 0 aliphatic heterocycles. The zero-order valence-electron chi connectivity index (χ0n) is 19.9. The summed E-state index contributed by atoms with van der Waals surface area (Å²) in [7, 11) is -1.91. The minimum atomic E-state index is -1.91. The summed E-state index contributed by atoms with van der Waals surface area (Å²) in [5.74, 6) is 1.59. The van der Waals surface area contributed by atoms with Gasteiger partial charge in [-0.15, -0.1) is 0 Å². The van der Waals surface area contributed by atoms with Crippen LogP contribution in [0, 0.1) is 13.8 Å². The predicted molar refractivity (Wildman–Crippen MR) is 127 cm³/mol. The van der Waals surface area contributed by atoms with E-state index in [4.69, 9.17) is 13.8 Å². The van der Waals surface area contributed by atoms with Crippen LogP contribution < -0.4 is 0 Å². The van der Waals surface area contributed by atoms with Crippen molar-refractivity contribution in [2.75, 3.05) is 0 Å². The first-order chi connectivity index (χ1) is 14.1. The fourth-order valence-corrected chi connectivity index (χ4v) is 4.56. The van der Waals surface area contributed by atoms with Crippen LogP contribution in [0.5, 0.6) is 0 Å². The monoisotopic (exact) mass is 472 g/mol. The molecule has 0 bridgehead atoms. The second-order valence-electron chi connectivity index (χ2n) is 9.70. The standard InChI is InChI=1S/C26H35NO2Si.V/c1-19-13-15-21(16-14-19)24(29-30(6,7)26(3,4)5)18-17-23-20(2)28-25(27-23)22-11-9-8-10-12-22;/h8-16,24H,17-18H2,1-7H3;. The number of oxazole rings is 1. The molecule has 0 saturated carbocycles. The average molecular weight is 473 g/mol. The summed E-state index contributed by atoms with van der Waals surface area (Å²) in [5.41, 5.74) is 4.55. The summed E-state index contributed by atoms with van der Waals surface area (Å²) in [4.78, 5) is 4.79. The van der Waals surface area contributed by atoms with E-state index in [1.54, 1.807) is 0 Å². The zero-order valence-corrected chi connectivity index (χ0v) is 22.3. The van der Waals surface area contributed by atoms with Gasteiger partial charge in [0, 0.05) is 24.1 Å². The van der Waals surface area contributed by atoms with Crippen molar-refractivity contribution in [2.45, 2.75) is 71.7 Å². The SMILES string of the molecule is Cc1ccc(C(CCc2nc(-c3ccccc3)oc2C)O[Si](C)(C)C(C)(C)C)cc1.[V]. The third-order valence-corrected chi connectivity index (χ3v) is 10.7. The maximum atomic E-state index is 6.86. The van der Waals surface area contributed by atoms with Gasteiger partial charge in [-0.25, -0.2) is 4.98 Å². The molecule has 5 heteroatoms. The molecule has 0 aliphatic rings. The Morgan fingerprint density at radius 2 is 1.58 bits per heavy atom. The van der Waals surface area contributed by atoms with Gasteiger partial charge in [-0.3, -0.25) is 0 Å². The summed E-state index contributed by atoms with van der Waals surface area (Å²) in [6.45, 7) is 15.6. The number of rotatable bonds is 7. The van der Waals surface area contributed by atoms with E-state index in [9.17, 15) is 0 Å². The second kappa shape index (κ2) is 10.4. The summed E-state index contributed by atoms with van der Waals surface area (Å²) < 4.78 is 12.8. The maximum Gasteiger partial charge on any atom is 0.226 e. The van der Waals surface area contributed by atoms with Crippen molar-refractivity contribution in [1.82, 2.24) is 4.98 Å². The molecule has 2 aromatic carbocycles. The van der Waals surface area contributed by atoms with Crippen LogP contribution in [0.1, 0.15) is 55.9 Å². The molecule has 0 fully saturated rings. The minimum Gasteiger partial charge on any atom is -0.441 e. The number of hydrogen-bond acceptors (Lipinski definition) is 3. The quantitative estimate of drug-likeness (QED) is 0.331. The van der Waals surface area contributed by atoms with Gasteiger partial charge in [0.05, 0.1) is 11.8 Å². The molecule has 0 spiro atoms. The van der Waals surface area contributed by atoms with Gasteiger partial charge < -0.3 is 8.84 Å². The van der Waals surface area contributed by atoms with Crippen molar-refractivity contribution >= 4 is 8.32 Å². The topological polar surface area (TPSA) is 35.3 Å². The zero-order chi connectivity index (χ0) is 21.9.